The van der Waals surface area contributed by atoms with Crippen LogP contribution in [0.5, 0.6) is 0 Å². The van der Waals surface area contributed by atoms with Crippen molar-refractivity contribution in [3.05, 3.63) is 487 Å². The Kier molecular flexibility index (Phi) is 29.9. The van der Waals surface area contributed by atoms with Gasteiger partial charge in [0.05, 0.1) is 0 Å². The van der Waals surface area contributed by atoms with Crippen molar-refractivity contribution in [2.24, 2.45) is 0 Å². The first-order valence-electron chi connectivity index (χ1n) is 37.3. The largest absolute Gasteiger partial charge is 0.362 e. The molecule has 2 nitrogen and oxygen atoms in total. The maximum Gasteiger partial charge on any atom is 0.0384 e. The van der Waals surface area contributed by atoms with Gasteiger partial charge in [0.2, 0.25) is 0 Å². The molecule has 0 amide bonds. The molecular weight excluding hydrogens is 1300 g/mol. The number of rotatable bonds is 24. The molecule has 4 aliphatic carbocycles. The third-order valence-corrected chi connectivity index (χ3v) is 19.5. The zero-order valence-electron chi connectivity index (χ0n) is 63.7. The van der Waals surface area contributed by atoms with E-state index in [9.17, 15) is 0 Å². The number of allylic oxidation sites excluding steroid dienone is 25. The van der Waals surface area contributed by atoms with Crippen LogP contribution in [0.3, 0.4) is 0 Å². The Hall–Kier alpha value is -12.6. The summed E-state index contributed by atoms with van der Waals surface area (Å²) in [4.78, 5) is 0. The van der Waals surface area contributed by atoms with Gasteiger partial charge in [0, 0.05) is 28.7 Å². The van der Waals surface area contributed by atoms with Crippen LogP contribution in [0.15, 0.2) is 420 Å². The third-order valence-electron chi connectivity index (χ3n) is 19.5. The molecule has 0 spiro atoms. The summed E-state index contributed by atoms with van der Waals surface area (Å²) < 4.78 is 0. The molecule has 0 bridgehead atoms. The van der Waals surface area contributed by atoms with E-state index in [2.05, 4.69) is 352 Å². The molecule has 8 aromatic carbocycles. The minimum Gasteiger partial charge on any atom is -0.362 e. The zero-order chi connectivity index (χ0) is 76.5. The van der Waals surface area contributed by atoms with E-state index in [1.165, 1.54) is 89.1 Å². The van der Waals surface area contributed by atoms with E-state index in [-0.39, 0.29) is 10.8 Å². The lowest BCUT2D eigenvalue weighted by molar-refractivity contribution is 0.528. The van der Waals surface area contributed by atoms with Crippen molar-refractivity contribution < 1.29 is 0 Å². The van der Waals surface area contributed by atoms with Crippen LogP contribution in [0, 0.1) is 0 Å². The average molecular weight is 1410 g/mol. The standard InChI is InChI=1S/C39H37N.C39H39N.2C14H14/c1-5-33(40-26-25-38-34(6-2)36-23-15-16-24-37(36)39(38,3)4)28-32(29-17-9-7-10-18-29)27-31-21-13-14-22-35(31)30-19-11-8-12-20-30;1-4-36(40-37-23-14-21-33-20-11-12-24-38(33)39(2,3)26-25-37)29-35(32-18-9-6-10-19-32)28-30-15-13-22-34(27-30)31-16-7-5-8-17-31;2*1-4-7-8-12-9-10-13(5-2)14(6-3)11-12/h5-9,11-17,19-28,40H,1-2,10,18H2,3-4H3;4-9,11-18,20,22-25,27-29,40H,1,10,19,21,26H2,2-3H3;2*4-11H,1-3H2/b26-25+,32-27-,33-28+;23-14?,35-28-,36-29+,37-25?;2*8-7-. The van der Waals surface area contributed by atoms with Crippen molar-refractivity contribution in [2.45, 2.75) is 77.0 Å². The van der Waals surface area contributed by atoms with Gasteiger partial charge in [0.25, 0.3) is 0 Å². The summed E-state index contributed by atoms with van der Waals surface area (Å²) in [6.45, 7) is 43.9. The number of fused-ring (bicyclic) bond motifs is 2. The molecule has 0 unspecified atom stereocenters. The van der Waals surface area contributed by atoms with Crippen LogP contribution >= 0.6 is 0 Å². The highest BCUT2D eigenvalue weighted by molar-refractivity contribution is 5.87. The second-order valence-electron chi connectivity index (χ2n) is 27.7. The van der Waals surface area contributed by atoms with Gasteiger partial charge in [-0.2, -0.15) is 0 Å². The van der Waals surface area contributed by atoms with Crippen LogP contribution in [0.1, 0.15) is 127 Å². The van der Waals surface area contributed by atoms with Gasteiger partial charge in [0.1, 0.15) is 0 Å². The fraction of sp³-hybridized carbons (Fsp3) is 0.113. The molecule has 8 aromatic rings. The van der Waals surface area contributed by atoms with Gasteiger partial charge in [-0.05, 0) is 233 Å². The first-order valence-corrected chi connectivity index (χ1v) is 37.3. The van der Waals surface area contributed by atoms with Crippen molar-refractivity contribution in [1.29, 1.82) is 0 Å². The lowest BCUT2D eigenvalue weighted by atomic mass is 9.78. The van der Waals surface area contributed by atoms with Crippen LogP contribution in [-0.2, 0) is 17.3 Å². The topological polar surface area (TPSA) is 24.1 Å². The van der Waals surface area contributed by atoms with Crippen molar-refractivity contribution in [1.82, 2.24) is 10.6 Å². The van der Waals surface area contributed by atoms with E-state index in [4.69, 9.17) is 0 Å². The van der Waals surface area contributed by atoms with Crippen molar-refractivity contribution >= 4 is 54.2 Å². The fourth-order valence-corrected chi connectivity index (χ4v) is 13.7. The zero-order valence-corrected chi connectivity index (χ0v) is 63.7. The molecular formula is C106H104N2. The van der Waals surface area contributed by atoms with Gasteiger partial charge in [-0.1, -0.05) is 378 Å². The second kappa shape index (κ2) is 40.6. The number of benzene rings is 8. The Labute approximate surface area is 646 Å². The minimum atomic E-state index is -0.0954. The number of hydrogen-bond acceptors (Lipinski definition) is 2. The molecule has 0 aromatic heterocycles. The Morgan fingerprint density at radius 3 is 1.55 bits per heavy atom. The summed E-state index contributed by atoms with van der Waals surface area (Å²) in [7, 11) is 0. The maximum absolute atomic E-state index is 4.16. The number of nitrogens with one attached hydrogen (secondary N) is 2. The van der Waals surface area contributed by atoms with E-state index in [1.807, 2.05) is 97.3 Å². The maximum atomic E-state index is 4.16. The summed E-state index contributed by atoms with van der Waals surface area (Å²) in [5.74, 6) is 0. The van der Waals surface area contributed by atoms with Crippen molar-refractivity contribution in [3.63, 3.8) is 0 Å². The van der Waals surface area contributed by atoms with E-state index < -0.39 is 0 Å². The van der Waals surface area contributed by atoms with Crippen molar-refractivity contribution in [2.75, 3.05) is 0 Å². The van der Waals surface area contributed by atoms with E-state index in [0.29, 0.717) is 0 Å². The fourth-order valence-electron chi connectivity index (χ4n) is 13.7. The van der Waals surface area contributed by atoms with Crippen LogP contribution in [0.4, 0.5) is 0 Å². The smallest absolute Gasteiger partial charge is 0.0384 e. The molecule has 0 atom stereocenters. The highest BCUT2D eigenvalue weighted by Gasteiger charge is 2.35. The van der Waals surface area contributed by atoms with E-state index in [0.717, 1.165) is 89.0 Å². The molecule has 2 heteroatoms. The number of hydrogen-bond donors (Lipinski definition) is 2. The van der Waals surface area contributed by atoms with Gasteiger partial charge >= 0.3 is 0 Å². The predicted molar refractivity (Wildman–Crippen MR) is 478 cm³/mol. The first kappa shape index (κ1) is 79.5. The normalized spacial score (nSPS) is 15.1. The Morgan fingerprint density at radius 1 is 0.435 bits per heavy atom. The minimum absolute atomic E-state index is 0.0572. The summed E-state index contributed by atoms with van der Waals surface area (Å²) >= 11 is 0. The molecule has 0 aliphatic heterocycles. The SMILES string of the molecule is C=C/C(=C\C(=C\c1cccc(-c2ccccc2)c1)C1=CC=CCC1)NC1=CCC(C)(C)c2ccccc2CC=C1.C=C/C=C\c1ccc(C=C)c(C=C)c1.C=C/C=C\c1ccc(C=C)c(C=C)c1.C=CC1=C(/C=C/N/C(C=C)=C/C(=C/c2ccccc2-c2ccccc2)C2=CC=CCC2)C(C)(C)c2ccccc21. The van der Waals surface area contributed by atoms with Crippen LogP contribution < -0.4 is 10.6 Å². The lowest BCUT2D eigenvalue weighted by Crippen LogP contribution is -2.19. The van der Waals surface area contributed by atoms with Gasteiger partial charge in [-0.15, -0.1) is 0 Å². The Balaban J connectivity index is 0.000000185. The lowest BCUT2D eigenvalue weighted by Gasteiger charge is -2.26. The highest BCUT2D eigenvalue weighted by Crippen LogP contribution is 2.47. The van der Waals surface area contributed by atoms with E-state index in [1.54, 1.807) is 12.2 Å². The quantitative estimate of drug-likeness (QED) is 0.0589. The van der Waals surface area contributed by atoms with Crippen molar-refractivity contribution in [3.8, 4) is 22.3 Å². The Bertz CT molecular complexity index is 4970. The first-order chi connectivity index (χ1) is 52.7. The molecule has 0 fully saturated rings. The van der Waals surface area contributed by atoms with Crippen LogP contribution in [0.2, 0.25) is 0 Å². The summed E-state index contributed by atoms with van der Waals surface area (Å²) in [5.41, 5.74) is 29.9. The molecule has 0 saturated carbocycles. The van der Waals surface area contributed by atoms with Crippen LogP contribution in [-0.4, -0.2) is 0 Å². The highest BCUT2D eigenvalue weighted by atomic mass is 14.9. The summed E-state index contributed by atoms with van der Waals surface area (Å²) in [5, 5.41) is 7.20. The molecule has 538 valence electrons. The summed E-state index contributed by atoms with van der Waals surface area (Å²) in [6, 6.07) is 68.3. The predicted octanol–water partition coefficient (Wildman–Crippen LogP) is 28.5. The molecule has 4 aliphatic rings. The molecule has 0 radical (unpaired) electrons. The molecule has 12 rings (SSSR count). The summed E-state index contributed by atoms with van der Waals surface area (Å²) in [6.07, 6.45) is 63.8. The Morgan fingerprint density at radius 2 is 0.972 bits per heavy atom. The molecule has 0 heterocycles. The van der Waals surface area contributed by atoms with Gasteiger partial charge in [0.15, 0.2) is 0 Å². The second-order valence-corrected chi connectivity index (χ2v) is 27.7. The monoisotopic (exact) mass is 1400 g/mol. The average Bonchev–Trinajstić information content (AvgIpc) is 1.60. The van der Waals surface area contributed by atoms with Gasteiger partial charge < -0.3 is 10.6 Å². The van der Waals surface area contributed by atoms with Crippen LogP contribution in [0.25, 0.3) is 76.4 Å². The third kappa shape index (κ3) is 22.0. The van der Waals surface area contributed by atoms with Gasteiger partial charge in [-0.25, -0.2) is 0 Å². The molecule has 2 N–H and O–H groups in total. The van der Waals surface area contributed by atoms with Gasteiger partial charge in [-0.3, -0.25) is 0 Å². The molecule has 108 heavy (non-hydrogen) atoms. The molecule has 0 saturated heterocycles. The van der Waals surface area contributed by atoms with E-state index >= 15 is 0 Å².